The molecule has 13 heavy (non-hydrogen) atoms. The Morgan fingerprint density at radius 3 is 2.23 bits per heavy atom. The molecule has 0 aliphatic carbocycles. The zero-order chi connectivity index (χ0) is 9.78. The van der Waals surface area contributed by atoms with Gasteiger partial charge in [-0.2, -0.15) is 0 Å². The van der Waals surface area contributed by atoms with Crippen molar-refractivity contribution in [1.29, 1.82) is 0 Å². The van der Waals surface area contributed by atoms with E-state index >= 15 is 0 Å². The molecule has 0 spiro atoms. The van der Waals surface area contributed by atoms with Crippen molar-refractivity contribution in [3.05, 3.63) is 0 Å². The molecule has 0 aliphatic rings. The molecule has 4 nitrogen and oxygen atoms in total. The molecule has 0 aromatic carbocycles. The molecule has 0 rings (SSSR count). The van der Waals surface area contributed by atoms with Crippen LogP contribution in [0, 0.1) is 0 Å². The molecular weight excluding hydrogens is 192 g/mol. The van der Waals surface area contributed by atoms with E-state index < -0.39 is 11.6 Å². The van der Waals surface area contributed by atoms with E-state index in [4.69, 9.17) is 16.2 Å². The fourth-order valence-corrected chi connectivity index (χ4v) is 0.675. The number of esters is 1. The van der Waals surface area contributed by atoms with Crippen LogP contribution in [0.5, 0.6) is 0 Å². The average molecular weight is 211 g/mol. The molecule has 0 heterocycles. The Kier molecular flexibility index (Phi) is 7.21. The Balaban J connectivity index is 0. The minimum absolute atomic E-state index is 0. The number of rotatable bonds is 3. The predicted molar refractivity (Wildman–Crippen MR) is 54.7 cm³/mol. The highest BCUT2D eigenvalue weighted by Crippen LogP contribution is 2.08. The highest BCUT2D eigenvalue weighted by atomic mass is 35.5. The molecule has 5 heteroatoms. The molecule has 0 aliphatic heterocycles. The molecule has 0 aromatic heterocycles. The number of hydrogen-bond donors (Lipinski definition) is 2. The van der Waals surface area contributed by atoms with Gasteiger partial charge in [0.2, 0.25) is 0 Å². The lowest BCUT2D eigenvalue weighted by atomic mass is 10.1. The lowest BCUT2D eigenvalue weighted by Crippen LogP contribution is -2.38. The third kappa shape index (κ3) is 8.02. The van der Waals surface area contributed by atoms with Gasteiger partial charge in [-0.05, 0) is 33.7 Å². The van der Waals surface area contributed by atoms with E-state index in [-0.39, 0.29) is 18.4 Å². The molecule has 0 fully saturated rings. The highest BCUT2D eigenvalue weighted by molar-refractivity contribution is 5.85. The minimum Gasteiger partial charge on any atom is -0.459 e. The maximum Gasteiger partial charge on any atom is 0.323 e. The summed E-state index contributed by atoms with van der Waals surface area (Å²) in [6, 6.07) is -0.589. The second kappa shape index (κ2) is 6.18. The molecule has 0 radical (unpaired) electrons. The standard InChI is InChI=1S/C8H18N2O2.ClH/c1-8(2,3)12-7(11)6(10)4-5-9;/h6H,4-5,9-10H2,1-3H3;1H. The van der Waals surface area contributed by atoms with Gasteiger partial charge in [-0.15, -0.1) is 12.4 Å². The van der Waals surface area contributed by atoms with Crippen molar-refractivity contribution in [3.8, 4) is 0 Å². The third-order valence-electron chi connectivity index (χ3n) is 1.19. The summed E-state index contributed by atoms with van der Waals surface area (Å²) in [4.78, 5) is 11.1. The molecule has 0 bridgehead atoms. The SMILES string of the molecule is CC(C)(C)OC(=O)C(N)CCN.Cl. The number of carbonyl (C=O) groups is 1. The van der Waals surface area contributed by atoms with Gasteiger partial charge in [0.15, 0.2) is 0 Å². The van der Waals surface area contributed by atoms with E-state index in [2.05, 4.69) is 0 Å². The monoisotopic (exact) mass is 210 g/mol. The van der Waals surface area contributed by atoms with Crippen LogP contribution in [-0.4, -0.2) is 24.2 Å². The minimum atomic E-state index is -0.589. The summed E-state index contributed by atoms with van der Waals surface area (Å²) in [7, 11) is 0. The van der Waals surface area contributed by atoms with E-state index in [9.17, 15) is 4.79 Å². The Morgan fingerprint density at radius 2 is 1.92 bits per heavy atom. The lowest BCUT2D eigenvalue weighted by molar-refractivity contribution is -0.156. The maximum absolute atomic E-state index is 11.1. The van der Waals surface area contributed by atoms with Crippen LogP contribution in [0.3, 0.4) is 0 Å². The summed E-state index contributed by atoms with van der Waals surface area (Å²) >= 11 is 0. The van der Waals surface area contributed by atoms with E-state index in [1.807, 2.05) is 0 Å². The number of halogens is 1. The molecule has 0 aromatic rings. The van der Waals surface area contributed by atoms with Crippen molar-refractivity contribution in [2.45, 2.75) is 38.8 Å². The van der Waals surface area contributed by atoms with Crippen molar-refractivity contribution in [2.24, 2.45) is 11.5 Å². The number of carbonyl (C=O) groups excluding carboxylic acids is 1. The molecule has 0 saturated carbocycles. The van der Waals surface area contributed by atoms with Crippen molar-refractivity contribution < 1.29 is 9.53 Å². The first kappa shape index (κ1) is 15.2. The van der Waals surface area contributed by atoms with Crippen molar-refractivity contribution in [2.75, 3.05) is 6.54 Å². The summed E-state index contributed by atoms with van der Waals surface area (Å²) < 4.78 is 5.03. The molecule has 4 N–H and O–H groups in total. The van der Waals surface area contributed by atoms with Crippen LogP contribution in [0.25, 0.3) is 0 Å². The fraction of sp³-hybridized carbons (Fsp3) is 0.875. The second-order valence-electron chi connectivity index (χ2n) is 3.72. The van der Waals surface area contributed by atoms with Crippen LogP contribution in [0.1, 0.15) is 27.2 Å². The topological polar surface area (TPSA) is 78.3 Å². The van der Waals surface area contributed by atoms with Crippen LogP contribution >= 0.6 is 12.4 Å². The summed E-state index contributed by atoms with van der Waals surface area (Å²) in [5, 5.41) is 0. The molecule has 1 unspecified atom stereocenters. The zero-order valence-electron chi connectivity index (χ0n) is 8.37. The van der Waals surface area contributed by atoms with Gasteiger partial charge in [0.05, 0.1) is 0 Å². The van der Waals surface area contributed by atoms with Gasteiger partial charge in [0.25, 0.3) is 0 Å². The normalized spacial score (nSPS) is 13.0. The van der Waals surface area contributed by atoms with E-state index in [1.54, 1.807) is 20.8 Å². The largest absolute Gasteiger partial charge is 0.459 e. The third-order valence-corrected chi connectivity index (χ3v) is 1.19. The Hall–Kier alpha value is -0.320. The van der Waals surface area contributed by atoms with Crippen LogP contribution in [0.2, 0.25) is 0 Å². The van der Waals surface area contributed by atoms with Crippen LogP contribution in [0.15, 0.2) is 0 Å². The highest BCUT2D eigenvalue weighted by Gasteiger charge is 2.21. The van der Waals surface area contributed by atoms with Gasteiger partial charge in [0, 0.05) is 0 Å². The van der Waals surface area contributed by atoms with Crippen molar-refractivity contribution in [1.82, 2.24) is 0 Å². The van der Waals surface area contributed by atoms with Crippen molar-refractivity contribution >= 4 is 18.4 Å². The van der Waals surface area contributed by atoms with Gasteiger partial charge in [-0.3, -0.25) is 4.79 Å². The number of hydrogen-bond acceptors (Lipinski definition) is 4. The zero-order valence-corrected chi connectivity index (χ0v) is 9.19. The van der Waals surface area contributed by atoms with Gasteiger partial charge < -0.3 is 16.2 Å². The predicted octanol–water partition coefficient (Wildman–Crippen LogP) is 0.426. The van der Waals surface area contributed by atoms with E-state index in [0.29, 0.717) is 13.0 Å². The first-order valence-corrected chi connectivity index (χ1v) is 4.05. The van der Waals surface area contributed by atoms with E-state index in [0.717, 1.165) is 0 Å². The van der Waals surface area contributed by atoms with Crippen LogP contribution in [-0.2, 0) is 9.53 Å². The summed E-state index contributed by atoms with van der Waals surface area (Å²) in [5.41, 5.74) is 10.3. The maximum atomic E-state index is 11.1. The fourth-order valence-electron chi connectivity index (χ4n) is 0.675. The van der Waals surface area contributed by atoms with Gasteiger partial charge >= 0.3 is 5.97 Å². The average Bonchev–Trinajstić information content (AvgIpc) is 1.84. The molecule has 1 atom stereocenters. The first-order valence-electron chi connectivity index (χ1n) is 4.05. The first-order chi connectivity index (χ1) is 5.37. The van der Waals surface area contributed by atoms with Crippen molar-refractivity contribution in [3.63, 3.8) is 0 Å². The molecule has 0 amide bonds. The Bertz CT molecular complexity index is 157. The Morgan fingerprint density at radius 1 is 1.46 bits per heavy atom. The van der Waals surface area contributed by atoms with Gasteiger partial charge in [-0.1, -0.05) is 0 Å². The quantitative estimate of drug-likeness (QED) is 0.663. The van der Waals surface area contributed by atoms with Gasteiger partial charge in [0.1, 0.15) is 11.6 Å². The second-order valence-corrected chi connectivity index (χ2v) is 3.72. The summed E-state index contributed by atoms with van der Waals surface area (Å²) in [5.74, 6) is -0.382. The summed E-state index contributed by atoms with van der Waals surface area (Å²) in [6.07, 6.45) is 0.467. The van der Waals surface area contributed by atoms with Crippen LogP contribution < -0.4 is 11.5 Å². The number of ether oxygens (including phenoxy) is 1. The van der Waals surface area contributed by atoms with Crippen LogP contribution in [0.4, 0.5) is 0 Å². The molecular formula is C8H19ClN2O2. The smallest absolute Gasteiger partial charge is 0.323 e. The number of nitrogens with two attached hydrogens (primary N) is 2. The van der Waals surface area contributed by atoms with Gasteiger partial charge in [-0.25, -0.2) is 0 Å². The molecule has 0 saturated heterocycles. The molecule has 80 valence electrons. The van der Waals surface area contributed by atoms with E-state index in [1.165, 1.54) is 0 Å². The Labute approximate surface area is 85.4 Å². The summed E-state index contributed by atoms with van der Waals surface area (Å²) in [6.45, 7) is 5.82. The lowest BCUT2D eigenvalue weighted by Gasteiger charge is -2.21.